The quantitative estimate of drug-likeness (QED) is 0.0454. The molecule has 4 atom stereocenters. The molecule has 2 fully saturated rings. The molecule has 0 saturated carbocycles. The van der Waals surface area contributed by atoms with Crippen LogP contribution in [0.2, 0.25) is 0 Å². The maximum Gasteiger partial charge on any atom is 0.245 e. The number of aromatic nitrogens is 5. The summed E-state index contributed by atoms with van der Waals surface area (Å²) in [7, 11) is 1.45. The summed E-state index contributed by atoms with van der Waals surface area (Å²) >= 11 is 0. The number of carbonyl (C=O) groups is 1. The Bertz CT molecular complexity index is 2040. The number of benzene rings is 2. The first-order valence-electron chi connectivity index (χ1n) is 18.8. The maximum atomic E-state index is 13.9. The highest BCUT2D eigenvalue weighted by Gasteiger charge is 2.37. The number of amides is 1. The zero-order valence-corrected chi connectivity index (χ0v) is 31.4. The summed E-state index contributed by atoms with van der Waals surface area (Å²) in [5.74, 6) is 1.95. The molecule has 0 aliphatic carbocycles. The van der Waals surface area contributed by atoms with E-state index >= 15 is 0 Å². The highest BCUT2D eigenvalue weighted by molar-refractivity contribution is 5.85. The molecule has 2 aliphatic rings. The summed E-state index contributed by atoms with van der Waals surface area (Å²) in [5, 5.41) is 3.41. The molecule has 5 heterocycles. The Hall–Kier alpha value is -5.75. The lowest BCUT2D eigenvalue weighted by molar-refractivity contribution is -0.188. The summed E-state index contributed by atoms with van der Waals surface area (Å²) in [6.07, 6.45) is 12.4. The number of aromatic amines is 2. The van der Waals surface area contributed by atoms with Crippen LogP contribution in [0.25, 0.3) is 33.6 Å². The topological polar surface area (TPSA) is 137 Å². The van der Waals surface area contributed by atoms with E-state index in [2.05, 4.69) is 104 Å². The van der Waals surface area contributed by atoms with Crippen LogP contribution in [0.15, 0.2) is 103 Å². The first-order chi connectivity index (χ1) is 26.3. The van der Waals surface area contributed by atoms with E-state index in [1.165, 1.54) is 13.5 Å². The minimum absolute atomic E-state index is 0.0889. The van der Waals surface area contributed by atoms with E-state index in [-0.39, 0.29) is 36.0 Å². The van der Waals surface area contributed by atoms with E-state index in [0.717, 1.165) is 88.9 Å². The number of hydrogen-bond donors (Lipinski definition) is 3. The molecule has 0 spiro atoms. The van der Waals surface area contributed by atoms with Gasteiger partial charge in [-0.15, -0.1) is 0 Å². The standard InChI is InChI=1S/C42H49N9O3/c1-27(2)39(47-34-9-6-20-43-23-34)42(52)51-22-8-11-38(51)41-45-25-36(49-41)33-18-14-31(15-19-33)30-12-16-32(17-13-30)35-24-44-40(48-35)37-10-7-21-50(37)29(4)28(3)46-26-54-53-5/h6,9,12-20,23-28,37-39,47H,4,7-8,10-11,21-22H2,1-3,5H3,(H,44,48)(H,45,49)/b46-26-/t28-,37-,38-,39-/m0/s1. The van der Waals surface area contributed by atoms with Crippen molar-refractivity contribution < 1.29 is 14.6 Å². The number of nitrogens with zero attached hydrogens (tertiary/aromatic N) is 6. The Labute approximate surface area is 316 Å². The van der Waals surface area contributed by atoms with Gasteiger partial charge in [-0.1, -0.05) is 69.0 Å². The van der Waals surface area contributed by atoms with Gasteiger partial charge in [-0.25, -0.2) is 15.0 Å². The summed E-state index contributed by atoms with van der Waals surface area (Å²) in [6.45, 7) is 12.1. The van der Waals surface area contributed by atoms with Crippen LogP contribution in [0.1, 0.15) is 70.2 Å². The first-order valence-corrected chi connectivity index (χ1v) is 18.8. The van der Waals surface area contributed by atoms with E-state index in [4.69, 9.17) is 14.9 Å². The van der Waals surface area contributed by atoms with E-state index in [9.17, 15) is 4.79 Å². The second kappa shape index (κ2) is 16.5. The Morgan fingerprint density at radius 2 is 1.41 bits per heavy atom. The molecule has 280 valence electrons. The van der Waals surface area contributed by atoms with Gasteiger partial charge < -0.3 is 30.0 Å². The second-order valence-corrected chi connectivity index (χ2v) is 14.4. The molecule has 3 aromatic heterocycles. The number of imidazole rings is 2. The van der Waals surface area contributed by atoms with Gasteiger partial charge in [0, 0.05) is 31.2 Å². The van der Waals surface area contributed by atoms with Crippen LogP contribution in [0, 0.1) is 5.92 Å². The fraction of sp³-hybridized carbons (Fsp3) is 0.357. The summed E-state index contributed by atoms with van der Waals surface area (Å²) in [4.78, 5) is 52.7. The van der Waals surface area contributed by atoms with Crippen molar-refractivity contribution in [1.82, 2.24) is 34.7 Å². The molecular formula is C42H49N9O3. The van der Waals surface area contributed by atoms with Gasteiger partial charge in [-0.3, -0.25) is 9.78 Å². The molecule has 2 saturated heterocycles. The van der Waals surface area contributed by atoms with Crippen LogP contribution in [-0.2, 0) is 14.6 Å². The molecule has 5 aromatic rings. The van der Waals surface area contributed by atoms with Crippen LogP contribution < -0.4 is 5.32 Å². The normalized spacial score (nSPS) is 18.4. The van der Waals surface area contributed by atoms with Gasteiger partial charge >= 0.3 is 0 Å². The van der Waals surface area contributed by atoms with Crippen molar-refractivity contribution in [2.75, 3.05) is 25.5 Å². The number of nitrogens with one attached hydrogen (secondary N) is 3. The van der Waals surface area contributed by atoms with E-state index in [1.54, 1.807) is 12.4 Å². The lowest BCUT2D eigenvalue weighted by Crippen LogP contribution is -2.45. The van der Waals surface area contributed by atoms with Crippen molar-refractivity contribution in [3.63, 3.8) is 0 Å². The highest BCUT2D eigenvalue weighted by atomic mass is 17.2. The molecule has 54 heavy (non-hydrogen) atoms. The fourth-order valence-electron chi connectivity index (χ4n) is 7.50. The van der Waals surface area contributed by atoms with Gasteiger partial charge in [0.25, 0.3) is 0 Å². The second-order valence-electron chi connectivity index (χ2n) is 14.4. The van der Waals surface area contributed by atoms with Crippen LogP contribution in [0.5, 0.6) is 0 Å². The van der Waals surface area contributed by atoms with Gasteiger partial charge in [0.1, 0.15) is 17.7 Å². The SMILES string of the molecule is C=C([C@H](C)/N=C\OOC)N1CCC[C@H]1c1ncc(-c2ccc(-c3ccc(-c4cnc([C@@H]5CCCN5C(=O)[C@@H](Nc5cccnc5)C(C)C)[nH]4)cc3)cc2)[nH]1. The molecule has 2 aromatic carbocycles. The van der Waals surface area contributed by atoms with Gasteiger partial charge in [-0.2, -0.15) is 4.89 Å². The van der Waals surface area contributed by atoms with Crippen molar-refractivity contribution >= 4 is 18.0 Å². The molecule has 12 heteroatoms. The molecule has 12 nitrogen and oxygen atoms in total. The van der Waals surface area contributed by atoms with E-state index in [1.807, 2.05) is 36.4 Å². The Kier molecular flexibility index (Phi) is 11.2. The number of rotatable bonds is 14. The van der Waals surface area contributed by atoms with Crippen molar-refractivity contribution in [2.24, 2.45) is 10.9 Å². The van der Waals surface area contributed by atoms with Gasteiger partial charge in [-0.05, 0) is 72.9 Å². The number of anilines is 1. The van der Waals surface area contributed by atoms with Crippen LogP contribution in [-0.4, -0.2) is 79.3 Å². The third-order valence-electron chi connectivity index (χ3n) is 10.5. The summed E-state index contributed by atoms with van der Waals surface area (Å²) in [5.41, 5.74) is 8.04. The van der Waals surface area contributed by atoms with Crippen molar-refractivity contribution in [1.29, 1.82) is 0 Å². The van der Waals surface area contributed by atoms with Crippen molar-refractivity contribution in [3.05, 3.63) is 109 Å². The molecule has 0 radical (unpaired) electrons. The summed E-state index contributed by atoms with van der Waals surface area (Å²) in [6, 6.07) is 20.4. The fourth-order valence-corrected chi connectivity index (χ4v) is 7.50. The minimum Gasteiger partial charge on any atom is -0.372 e. The zero-order valence-electron chi connectivity index (χ0n) is 31.4. The smallest absolute Gasteiger partial charge is 0.245 e. The predicted octanol–water partition coefficient (Wildman–Crippen LogP) is 7.97. The molecule has 0 bridgehead atoms. The van der Waals surface area contributed by atoms with Crippen LogP contribution in [0.3, 0.4) is 0 Å². The largest absolute Gasteiger partial charge is 0.372 e. The summed E-state index contributed by atoms with van der Waals surface area (Å²) < 4.78 is 0. The average Bonchev–Trinajstić information content (AvgIpc) is 4.04. The highest BCUT2D eigenvalue weighted by Crippen LogP contribution is 2.36. The Morgan fingerprint density at radius 1 is 0.852 bits per heavy atom. The van der Waals surface area contributed by atoms with Gasteiger partial charge in [0.2, 0.25) is 12.3 Å². The van der Waals surface area contributed by atoms with Crippen LogP contribution in [0.4, 0.5) is 5.69 Å². The predicted molar refractivity (Wildman–Crippen MR) is 211 cm³/mol. The van der Waals surface area contributed by atoms with E-state index in [0.29, 0.717) is 6.54 Å². The molecular weight excluding hydrogens is 679 g/mol. The minimum atomic E-state index is -0.352. The van der Waals surface area contributed by atoms with Gasteiger partial charge in [0.15, 0.2) is 0 Å². The monoisotopic (exact) mass is 727 g/mol. The molecule has 7 rings (SSSR count). The van der Waals surface area contributed by atoms with Crippen molar-refractivity contribution in [2.45, 2.75) is 70.6 Å². The zero-order chi connectivity index (χ0) is 37.6. The number of hydrogen-bond acceptors (Lipinski definition) is 9. The lowest BCUT2D eigenvalue weighted by atomic mass is 10.0. The van der Waals surface area contributed by atoms with E-state index < -0.39 is 0 Å². The molecule has 1 amide bonds. The number of aliphatic imine (C=N–C) groups is 1. The number of pyridine rings is 1. The van der Waals surface area contributed by atoms with Crippen LogP contribution >= 0.6 is 0 Å². The number of likely N-dealkylation sites (tertiary alicyclic amines) is 2. The Balaban J connectivity index is 0.991. The number of H-pyrrole nitrogens is 2. The Morgan fingerprint density at radius 3 is 1.94 bits per heavy atom. The molecule has 2 aliphatic heterocycles. The molecule has 3 N–H and O–H groups in total. The third-order valence-corrected chi connectivity index (χ3v) is 10.5. The average molecular weight is 728 g/mol. The lowest BCUT2D eigenvalue weighted by Gasteiger charge is -2.30. The molecule has 0 unspecified atom stereocenters. The number of carbonyl (C=O) groups excluding carboxylic acids is 1. The third kappa shape index (κ3) is 7.93. The maximum absolute atomic E-state index is 13.9. The van der Waals surface area contributed by atoms with Crippen molar-refractivity contribution in [3.8, 4) is 33.6 Å². The van der Waals surface area contributed by atoms with Gasteiger partial charge in [0.05, 0.1) is 54.7 Å². The first kappa shape index (κ1) is 36.6.